The minimum Gasteiger partial charge on any atom is -0.288 e. The lowest BCUT2D eigenvalue weighted by molar-refractivity contribution is -0.385. The second-order valence-corrected chi connectivity index (χ2v) is 5.65. The number of nitro groups is 1. The van der Waals surface area contributed by atoms with Gasteiger partial charge in [-0.05, 0) is 40.4 Å². The number of halogens is 4. The summed E-state index contributed by atoms with van der Waals surface area (Å²) >= 11 is 3.05. The van der Waals surface area contributed by atoms with Crippen LogP contribution in [0, 0.1) is 10.1 Å². The van der Waals surface area contributed by atoms with Gasteiger partial charge in [-0.3, -0.25) is 15.0 Å². The normalized spacial score (nSPS) is 15.7. The maximum absolute atomic E-state index is 12.5. The van der Waals surface area contributed by atoms with Gasteiger partial charge in [0, 0.05) is 18.7 Å². The van der Waals surface area contributed by atoms with E-state index in [1.54, 1.807) is 6.07 Å². The Morgan fingerprint density at radius 3 is 2.55 bits per heavy atom. The summed E-state index contributed by atoms with van der Waals surface area (Å²) in [5.74, 6) is 0. The molecule has 1 aliphatic rings. The molecule has 1 aromatic carbocycles. The molecule has 0 radical (unpaired) electrons. The van der Waals surface area contributed by atoms with Crippen molar-refractivity contribution in [2.75, 3.05) is 6.54 Å². The molecule has 1 aromatic rings. The third-order valence-electron chi connectivity index (χ3n) is 3.04. The maximum Gasteiger partial charge on any atom is 0.401 e. The van der Waals surface area contributed by atoms with Crippen molar-refractivity contribution < 1.29 is 18.1 Å². The highest BCUT2D eigenvalue weighted by Crippen LogP contribution is 2.32. The van der Waals surface area contributed by atoms with Crippen LogP contribution in [0.15, 0.2) is 22.7 Å². The number of benzene rings is 1. The van der Waals surface area contributed by atoms with Crippen LogP contribution in [0.25, 0.3) is 0 Å². The topological polar surface area (TPSA) is 46.4 Å². The largest absolute Gasteiger partial charge is 0.401 e. The molecule has 0 amide bonds. The first-order valence-corrected chi connectivity index (χ1v) is 6.79. The van der Waals surface area contributed by atoms with Crippen molar-refractivity contribution in [2.45, 2.75) is 31.6 Å². The van der Waals surface area contributed by atoms with Gasteiger partial charge in [0.15, 0.2) is 0 Å². The lowest BCUT2D eigenvalue weighted by Gasteiger charge is -2.23. The van der Waals surface area contributed by atoms with Crippen LogP contribution in [0.4, 0.5) is 18.9 Å². The molecule has 0 atom stereocenters. The molecule has 110 valence electrons. The number of nitrogens with zero attached hydrogens (tertiary/aromatic N) is 2. The Kier molecular flexibility index (Phi) is 4.33. The molecule has 1 fully saturated rings. The fraction of sp³-hybridized carbons (Fsp3) is 0.500. The van der Waals surface area contributed by atoms with Crippen molar-refractivity contribution in [2.24, 2.45) is 0 Å². The van der Waals surface area contributed by atoms with Gasteiger partial charge in [-0.2, -0.15) is 13.2 Å². The highest BCUT2D eigenvalue weighted by atomic mass is 79.9. The average Bonchev–Trinajstić information content (AvgIpc) is 3.12. The first-order chi connectivity index (χ1) is 9.26. The van der Waals surface area contributed by atoms with Crippen LogP contribution in [0.1, 0.15) is 18.4 Å². The van der Waals surface area contributed by atoms with E-state index in [0.717, 1.165) is 12.8 Å². The van der Waals surface area contributed by atoms with Crippen molar-refractivity contribution in [3.63, 3.8) is 0 Å². The van der Waals surface area contributed by atoms with Crippen LogP contribution < -0.4 is 0 Å². The zero-order valence-electron chi connectivity index (χ0n) is 10.4. The molecule has 0 bridgehead atoms. The van der Waals surface area contributed by atoms with Crippen LogP contribution in [-0.2, 0) is 6.54 Å². The highest BCUT2D eigenvalue weighted by Gasteiger charge is 2.38. The van der Waals surface area contributed by atoms with Gasteiger partial charge in [0.2, 0.25) is 0 Å². The van der Waals surface area contributed by atoms with Gasteiger partial charge in [0.25, 0.3) is 5.69 Å². The first-order valence-electron chi connectivity index (χ1n) is 6.00. The second kappa shape index (κ2) is 5.69. The first kappa shape index (κ1) is 15.2. The van der Waals surface area contributed by atoms with E-state index in [-0.39, 0.29) is 18.3 Å². The molecule has 1 saturated carbocycles. The van der Waals surface area contributed by atoms with Crippen LogP contribution in [0.2, 0.25) is 0 Å². The summed E-state index contributed by atoms with van der Waals surface area (Å²) in [6.45, 7) is -0.917. The van der Waals surface area contributed by atoms with E-state index in [2.05, 4.69) is 15.9 Å². The quantitative estimate of drug-likeness (QED) is 0.596. The van der Waals surface area contributed by atoms with Crippen LogP contribution in [-0.4, -0.2) is 28.6 Å². The van der Waals surface area contributed by atoms with Crippen molar-refractivity contribution in [3.8, 4) is 0 Å². The number of nitro benzene ring substituents is 1. The molecule has 0 aliphatic heterocycles. The Labute approximate surface area is 121 Å². The van der Waals surface area contributed by atoms with Gasteiger partial charge in [0.05, 0.1) is 15.9 Å². The number of rotatable bonds is 5. The zero-order chi connectivity index (χ0) is 14.9. The molecule has 20 heavy (non-hydrogen) atoms. The third kappa shape index (κ3) is 4.17. The fourth-order valence-electron chi connectivity index (χ4n) is 2.02. The molecule has 0 saturated heterocycles. The maximum atomic E-state index is 12.5. The minimum atomic E-state index is -4.26. The summed E-state index contributed by atoms with van der Waals surface area (Å²) in [5, 5.41) is 10.8. The van der Waals surface area contributed by atoms with E-state index in [1.165, 1.54) is 17.0 Å². The monoisotopic (exact) mass is 352 g/mol. The van der Waals surface area contributed by atoms with E-state index in [0.29, 0.717) is 10.0 Å². The average molecular weight is 353 g/mol. The van der Waals surface area contributed by atoms with Gasteiger partial charge in [-0.15, -0.1) is 0 Å². The molecule has 0 N–H and O–H groups in total. The number of alkyl halides is 3. The summed E-state index contributed by atoms with van der Waals surface area (Å²) in [5.41, 5.74) is 0.376. The smallest absolute Gasteiger partial charge is 0.288 e. The standard InChI is InChI=1S/C12H12BrF3N2O2/c13-10-4-1-8(5-11(10)18(19)20)6-17(9-2-3-9)7-12(14,15)16/h1,4-5,9H,2-3,6-7H2. The van der Waals surface area contributed by atoms with Crippen molar-refractivity contribution in [1.82, 2.24) is 4.90 Å². The van der Waals surface area contributed by atoms with Crippen molar-refractivity contribution in [3.05, 3.63) is 38.3 Å². The SMILES string of the molecule is O=[N+]([O-])c1cc(CN(CC(F)(F)F)C2CC2)ccc1Br. The number of hydrogen-bond donors (Lipinski definition) is 0. The molecule has 0 unspecified atom stereocenters. The molecule has 0 spiro atoms. The van der Waals surface area contributed by atoms with Crippen molar-refractivity contribution >= 4 is 21.6 Å². The van der Waals surface area contributed by atoms with Gasteiger partial charge in [-0.25, -0.2) is 0 Å². The molecule has 0 aromatic heterocycles. The number of hydrogen-bond acceptors (Lipinski definition) is 3. The molecule has 1 aliphatic carbocycles. The molecule has 0 heterocycles. The predicted octanol–water partition coefficient (Wildman–Crippen LogP) is 3.88. The van der Waals surface area contributed by atoms with Crippen molar-refractivity contribution in [1.29, 1.82) is 0 Å². The second-order valence-electron chi connectivity index (χ2n) is 4.79. The lowest BCUT2D eigenvalue weighted by Crippen LogP contribution is -2.35. The lowest BCUT2D eigenvalue weighted by atomic mass is 10.2. The van der Waals surface area contributed by atoms with E-state index in [9.17, 15) is 23.3 Å². The van der Waals surface area contributed by atoms with E-state index in [4.69, 9.17) is 0 Å². The van der Waals surface area contributed by atoms with Gasteiger partial charge >= 0.3 is 6.18 Å². The minimum absolute atomic E-state index is 0.0678. The Morgan fingerprint density at radius 1 is 1.40 bits per heavy atom. The van der Waals surface area contributed by atoms with Crippen LogP contribution >= 0.6 is 15.9 Å². The van der Waals surface area contributed by atoms with Gasteiger partial charge < -0.3 is 0 Å². The Hall–Kier alpha value is -1.15. The molecular formula is C12H12BrF3N2O2. The summed E-state index contributed by atoms with van der Waals surface area (Å²) < 4.78 is 37.9. The van der Waals surface area contributed by atoms with Crippen LogP contribution in [0.3, 0.4) is 0 Å². The Balaban J connectivity index is 2.14. The fourth-order valence-corrected chi connectivity index (χ4v) is 2.41. The highest BCUT2D eigenvalue weighted by molar-refractivity contribution is 9.10. The summed E-state index contributed by atoms with van der Waals surface area (Å²) in [7, 11) is 0. The summed E-state index contributed by atoms with van der Waals surface area (Å²) in [6, 6.07) is 4.34. The Bertz CT molecular complexity index is 518. The van der Waals surface area contributed by atoms with Crippen LogP contribution in [0.5, 0.6) is 0 Å². The van der Waals surface area contributed by atoms with Gasteiger partial charge in [0.1, 0.15) is 0 Å². The summed E-state index contributed by atoms with van der Waals surface area (Å²) in [6.07, 6.45) is -2.77. The van der Waals surface area contributed by atoms with E-state index < -0.39 is 17.6 Å². The molecule has 4 nitrogen and oxygen atoms in total. The molecular weight excluding hydrogens is 341 g/mol. The Morgan fingerprint density at radius 2 is 2.05 bits per heavy atom. The van der Waals surface area contributed by atoms with E-state index in [1.807, 2.05) is 0 Å². The third-order valence-corrected chi connectivity index (χ3v) is 3.71. The predicted molar refractivity (Wildman–Crippen MR) is 70.3 cm³/mol. The van der Waals surface area contributed by atoms with Gasteiger partial charge in [-0.1, -0.05) is 6.07 Å². The molecule has 2 rings (SSSR count). The zero-order valence-corrected chi connectivity index (χ0v) is 11.9. The molecule has 8 heteroatoms. The summed E-state index contributed by atoms with van der Waals surface area (Å²) in [4.78, 5) is 11.6. The van der Waals surface area contributed by atoms with E-state index >= 15 is 0 Å².